The molecule has 1 rings (SSSR count). The smallest absolute Gasteiger partial charge is 0.0825 e. The number of halogens is 1. The summed E-state index contributed by atoms with van der Waals surface area (Å²) in [7, 11) is 0. The first kappa shape index (κ1) is 4.34. The minimum atomic E-state index is 0.373. The lowest BCUT2D eigenvalue weighted by Gasteiger charge is -1.91. The van der Waals surface area contributed by atoms with Crippen molar-refractivity contribution < 1.29 is 0 Å². The summed E-state index contributed by atoms with van der Waals surface area (Å²) >= 11 is 3.31. The first-order valence-corrected chi connectivity index (χ1v) is 2.75. The molecule has 0 aromatic rings. The molecule has 1 atom stereocenters. The van der Waals surface area contributed by atoms with Crippen molar-refractivity contribution in [3.8, 4) is 0 Å². The van der Waals surface area contributed by atoms with E-state index in [4.69, 9.17) is 0 Å². The standard InChI is InChI=1S/C4H5BrN/c5-4-2-1-3-6-4/h2,4,6H,3H2. The molecule has 0 saturated heterocycles. The van der Waals surface area contributed by atoms with Gasteiger partial charge in [0, 0.05) is 6.54 Å². The van der Waals surface area contributed by atoms with Crippen LogP contribution in [0, 0.1) is 6.08 Å². The third-order valence-corrected chi connectivity index (χ3v) is 1.25. The average Bonchev–Trinajstić information content (AvgIpc) is 1.86. The van der Waals surface area contributed by atoms with Gasteiger partial charge in [-0.3, -0.25) is 5.32 Å². The third-order valence-electron chi connectivity index (χ3n) is 0.663. The Morgan fingerprint density at radius 1 is 2.00 bits per heavy atom. The van der Waals surface area contributed by atoms with E-state index >= 15 is 0 Å². The maximum Gasteiger partial charge on any atom is 0.0825 e. The maximum absolute atomic E-state index is 3.31. The van der Waals surface area contributed by atoms with E-state index in [2.05, 4.69) is 27.3 Å². The molecule has 0 aromatic heterocycles. The molecule has 6 heavy (non-hydrogen) atoms. The van der Waals surface area contributed by atoms with Gasteiger partial charge >= 0.3 is 0 Å². The molecule has 0 aromatic carbocycles. The summed E-state index contributed by atoms with van der Waals surface area (Å²) < 4.78 is 0. The Morgan fingerprint density at radius 2 is 2.83 bits per heavy atom. The van der Waals surface area contributed by atoms with E-state index in [1.807, 2.05) is 6.08 Å². The van der Waals surface area contributed by atoms with Crippen LogP contribution >= 0.6 is 15.9 Å². The zero-order chi connectivity index (χ0) is 4.41. The predicted octanol–water partition coefficient (Wildman–Crippen LogP) is 0.670. The monoisotopic (exact) mass is 146 g/mol. The highest BCUT2D eigenvalue weighted by molar-refractivity contribution is 9.09. The molecule has 1 nitrogen and oxygen atoms in total. The molecule has 0 fully saturated rings. The van der Waals surface area contributed by atoms with Crippen LogP contribution in [0.1, 0.15) is 0 Å². The van der Waals surface area contributed by atoms with E-state index in [9.17, 15) is 0 Å². The van der Waals surface area contributed by atoms with E-state index in [1.54, 1.807) is 0 Å². The first-order chi connectivity index (χ1) is 2.89. The number of hydrogen-bond donors (Lipinski definition) is 1. The fourth-order valence-electron chi connectivity index (χ4n) is 0.378. The summed E-state index contributed by atoms with van der Waals surface area (Å²) in [6.45, 7) is 0.885. The van der Waals surface area contributed by atoms with E-state index in [0.717, 1.165) is 6.54 Å². The fourth-order valence-corrected chi connectivity index (χ4v) is 0.727. The van der Waals surface area contributed by atoms with Crippen molar-refractivity contribution in [1.82, 2.24) is 5.32 Å². The Morgan fingerprint density at radius 3 is 3.00 bits per heavy atom. The van der Waals surface area contributed by atoms with Gasteiger partial charge in [-0.15, -0.1) is 0 Å². The molecule has 0 aliphatic carbocycles. The van der Waals surface area contributed by atoms with Crippen molar-refractivity contribution in [1.29, 1.82) is 0 Å². The Balaban J connectivity index is 2.38. The van der Waals surface area contributed by atoms with Crippen LogP contribution in [0.25, 0.3) is 0 Å². The lowest BCUT2D eigenvalue weighted by molar-refractivity contribution is 0.853. The van der Waals surface area contributed by atoms with Crippen LogP contribution < -0.4 is 5.32 Å². The minimum Gasteiger partial charge on any atom is -0.297 e. The van der Waals surface area contributed by atoms with Crippen molar-refractivity contribution in [2.75, 3.05) is 6.54 Å². The second-order valence-corrected chi connectivity index (χ2v) is 2.14. The van der Waals surface area contributed by atoms with Gasteiger partial charge in [0.15, 0.2) is 0 Å². The molecule has 1 radical (unpaired) electrons. The van der Waals surface area contributed by atoms with E-state index in [1.165, 1.54) is 0 Å². The van der Waals surface area contributed by atoms with Gasteiger partial charge in [-0.05, 0) is 6.08 Å². The van der Waals surface area contributed by atoms with Crippen molar-refractivity contribution in [3.05, 3.63) is 12.2 Å². The molecule has 1 aliphatic rings. The molecular formula is C4H5BrN. The number of hydrogen-bond acceptors (Lipinski definition) is 1. The van der Waals surface area contributed by atoms with Gasteiger partial charge in [-0.25, -0.2) is 0 Å². The fraction of sp³-hybridized carbons (Fsp3) is 0.500. The van der Waals surface area contributed by atoms with Crippen LogP contribution in [-0.4, -0.2) is 11.5 Å². The van der Waals surface area contributed by atoms with Crippen molar-refractivity contribution in [3.63, 3.8) is 0 Å². The number of nitrogens with one attached hydrogen (secondary N) is 1. The molecule has 1 aliphatic heterocycles. The molecule has 1 unspecified atom stereocenters. The molecule has 0 amide bonds. The third kappa shape index (κ3) is 0.820. The highest BCUT2D eigenvalue weighted by Crippen LogP contribution is 1.99. The van der Waals surface area contributed by atoms with Gasteiger partial charge in [-0.1, -0.05) is 22.0 Å². The van der Waals surface area contributed by atoms with Gasteiger partial charge in [-0.2, -0.15) is 0 Å². The second-order valence-electron chi connectivity index (χ2n) is 1.15. The SMILES string of the molecule is BrC1C=[C]CN1. The summed E-state index contributed by atoms with van der Waals surface area (Å²) in [6.07, 6.45) is 4.95. The zero-order valence-corrected chi connectivity index (χ0v) is 4.83. The molecule has 1 heterocycles. The molecule has 2 heteroatoms. The Hall–Kier alpha value is 0.180. The second kappa shape index (κ2) is 1.76. The molecule has 1 N–H and O–H groups in total. The Bertz CT molecular complexity index is 69.9. The normalized spacial score (nSPS) is 31.8. The Kier molecular flexibility index (Phi) is 1.27. The van der Waals surface area contributed by atoms with E-state index in [-0.39, 0.29) is 0 Å². The van der Waals surface area contributed by atoms with Gasteiger partial charge in [0.2, 0.25) is 0 Å². The van der Waals surface area contributed by atoms with Gasteiger partial charge in [0.1, 0.15) is 0 Å². The summed E-state index contributed by atoms with van der Waals surface area (Å²) in [5.41, 5.74) is 0. The maximum atomic E-state index is 3.31. The summed E-state index contributed by atoms with van der Waals surface area (Å²) in [6, 6.07) is 0. The van der Waals surface area contributed by atoms with Gasteiger partial charge < -0.3 is 0 Å². The number of alkyl halides is 1. The zero-order valence-electron chi connectivity index (χ0n) is 3.24. The molecule has 0 bridgehead atoms. The summed E-state index contributed by atoms with van der Waals surface area (Å²) in [5.74, 6) is 0. The van der Waals surface area contributed by atoms with Crippen LogP contribution in [0.2, 0.25) is 0 Å². The van der Waals surface area contributed by atoms with E-state index in [0.29, 0.717) is 4.95 Å². The van der Waals surface area contributed by atoms with Crippen LogP contribution in [0.5, 0.6) is 0 Å². The molecule has 0 spiro atoms. The number of rotatable bonds is 0. The highest BCUT2D eigenvalue weighted by atomic mass is 79.9. The first-order valence-electron chi connectivity index (χ1n) is 1.84. The molecular weight excluding hydrogens is 142 g/mol. The van der Waals surface area contributed by atoms with Crippen molar-refractivity contribution >= 4 is 15.9 Å². The minimum absolute atomic E-state index is 0.373. The quantitative estimate of drug-likeness (QED) is 0.392. The average molecular weight is 147 g/mol. The lowest BCUT2D eigenvalue weighted by Crippen LogP contribution is -2.13. The van der Waals surface area contributed by atoms with Crippen LogP contribution in [0.4, 0.5) is 0 Å². The highest BCUT2D eigenvalue weighted by Gasteiger charge is 1.99. The van der Waals surface area contributed by atoms with Crippen LogP contribution in [0.3, 0.4) is 0 Å². The molecule has 33 valence electrons. The topological polar surface area (TPSA) is 12.0 Å². The van der Waals surface area contributed by atoms with E-state index < -0.39 is 0 Å². The Labute approximate surface area is 45.6 Å². The van der Waals surface area contributed by atoms with Crippen LogP contribution in [0.15, 0.2) is 6.08 Å². The lowest BCUT2D eigenvalue weighted by atomic mass is 10.6. The van der Waals surface area contributed by atoms with Gasteiger partial charge in [0.05, 0.1) is 4.95 Å². The van der Waals surface area contributed by atoms with Crippen molar-refractivity contribution in [2.45, 2.75) is 4.95 Å². The predicted molar refractivity (Wildman–Crippen MR) is 28.5 cm³/mol. The van der Waals surface area contributed by atoms with Gasteiger partial charge in [0.25, 0.3) is 0 Å². The largest absolute Gasteiger partial charge is 0.297 e. The van der Waals surface area contributed by atoms with Crippen LogP contribution in [-0.2, 0) is 0 Å². The summed E-state index contributed by atoms with van der Waals surface area (Å²) in [5, 5.41) is 3.07. The van der Waals surface area contributed by atoms with Crippen molar-refractivity contribution in [2.24, 2.45) is 0 Å². The molecule has 0 saturated carbocycles. The summed E-state index contributed by atoms with van der Waals surface area (Å²) in [4.78, 5) is 0.373.